The Kier molecular flexibility index (Phi) is 11.6. The van der Waals surface area contributed by atoms with Gasteiger partial charge in [-0.05, 0) is 32.0 Å². The number of carbonyl (C=O) groups is 1. The largest absolute Gasteiger partial charge is 0.379 e. The van der Waals surface area contributed by atoms with Gasteiger partial charge in [-0.2, -0.15) is 0 Å². The second-order valence-electron chi connectivity index (χ2n) is 7.15. The second kappa shape index (κ2) is 12.8. The molecule has 1 aliphatic heterocycles. The zero-order valence-electron chi connectivity index (χ0n) is 17.1. The van der Waals surface area contributed by atoms with Gasteiger partial charge in [0, 0.05) is 50.9 Å². The van der Waals surface area contributed by atoms with Crippen LogP contribution in [0.5, 0.6) is 0 Å². The van der Waals surface area contributed by atoms with Crippen molar-refractivity contribution in [2.75, 3.05) is 53.0 Å². The summed E-state index contributed by atoms with van der Waals surface area (Å²) < 4.78 is 5.42. The third-order valence-electron chi connectivity index (χ3n) is 4.66. The van der Waals surface area contributed by atoms with Crippen LogP contribution in [0.25, 0.3) is 0 Å². The zero-order chi connectivity index (χ0) is 20.6. The number of rotatable bonds is 7. The van der Waals surface area contributed by atoms with Crippen LogP contribution in [0.15, 0.2) is 23.2 Å². The summed E-state index contributed by atoms with van der Waals surface area (Å²) in [7, 11) is 1.73. The van der Waals surface area contributed by atoms with Gasteiger partial charge in [-0.25, -0.2) is 0 Å². The molecular weight excluding hydrogens is 528 g/mol. The fourth-order valence-electron chi connectivity index (χ4n) is 2.90. The highest BCUT2D eigenvalue weighted by Crippen LogP contribution is 2.22. The topological polar surface area (TPSA) is 78.0 Å². The number of nitrogens with one attached hydrogen (secondary N) is 3. The van der Waals surface area contributed by atoms with Crippen LogP contribution < -0.4 is 16.0 Å². The molecule has 0 unspecified atom stereocenters. The Balaban J connectivity index is 0.00000420. The van der Waals surface area contributed by atoms with Crippen molar-refractivity contribution >= 4 is 59.0 Å². The first kappa shape index (κ1) is 26.2. The first-order chi connectivity index (χ1) is 13.3. The van der Waals surface area contributed by atoms with Crippen LogP contribution in [0.3, 0.4) is 0 Å². The molecule has 0 bridgehead atoms. The lowest BCUT2D eigenvalue weighted by Crippen LogP contribution is -2.56. The van der Waals surface area contributed by atoms with Crippen LogP contribution >= 0.6 is 47.2 Å². The third kappa shape index (κ3) is 8.45. The fourth-order valence-corrected chi connectivity index (χ4v) is 3.20. The van der Waals surface area contributed by atoms with E-state index in [1.165, 1.54) is 0 Å². The molecule has 1 aromatic carbocycles. The van der Waals surface area contributed by atoms with Gasteiger partial charge in [0.2, 0.25) is 0 Å². The summed E-state index contributed by atoms with van der Waals surface area (Å²) in [6, 6.07) is 4.81. The Hall–Kier alpha value is -0.810. The minimum absolute atomic E-state index is 0. The lowest BCUT2D eigenvalue weighted by Gasteiger charge is -2.41. The van der Waals surface area contributed by atoms with Crippen LogP contribution in [0.4, 0.5) is 0 Å². The van der Waals surface area contributed by atoms with Gasteiger partial charge < -0.3 is 20.7 Å². The Morgan fingerprint density at radius 2 is 1.79 bits per heavy atom. The molecule has 0 saturated carbocycles. The minimum Gasteiger partial charge on any atom is -0.379 e. The average molecular weight is 558 g/mol. The predicted octanol–water partition coefficient (Wildman–Crippen LogP) is 2.62. The fraction of sp³-hybridized carbons (Fsp3) is 0.579. The molecule has 7 nitrogen and oxygen atoms in total. The maximum Gasteiger partial charge on any atom is 0.251 e. The van der Waals surface area contributed by atoms with Crippen molar-refractivity contribution in [2.45, 2.75) is 19.4 Å². The van der Waals surface area contributed by atoms with Gasteiger partial charge in [0.25, 0.3) is 5.91 Å². The summed E-state index contributed by atoms with van der Waals surface area (Å²) in [6.45, 7) is 9.57. The Bertz CT molecular complexity index is 697. The van der Waals surface area contributed by atoms with Crippen molar-refractivity contribution < 1.29 is 9.53 Å². The average Bonchev–Trinajstić information content (AvgIpc) is 2.70. The van der Waals surface area contributed by atoms with Crippen molar-refractivity contribution in [3.8, 4) is 0 Å². The summed E-state index contributed by atoms with van der Waals surface area (Å²) in [5, 5.41) is 10.2. The molecule has 1 aromatic rings. The molecule has 1 amide bonds. The number of halogens is 3. The Morgan fingerprint density at radius 1 is 1.14 bits per heavy atom. The van der Waals surface area contributed by atoms with E-state index < -0.39 is 0 Å². The van der Waals surface area contributed by atoms with E-state index in [1.54, 1.807) is 25.2 Å². The van der Waals surface area contributed by atoms with Crippen molar-refractivity contribution in [1.29, 1.82) is 0 Å². The van der Waals surface area contributed by atoms with Crippen molar-refractivity contribution in [2.24, 2.45) is 4.99 Å². The van der Waals surface area contributed by atoms with Gasteiger partial charge >= 0.3 is 0 Å². The SMILES string of the molecule is CN=C(NCCNC(=O)c1ccc(Cl)c(Cl)c1)NCC(C)(C)N1CCOCC1.I. The first-order valence-electron chi connectivity index (χ1n) is 9.34. The smallest absolute Gasteiger partial charge is 0.251 e. The van der Waals surface area contributed by atoms with E-state index in [-0.39, 0.29) is 35.4 Å². The second-order valence-corrected chi connectivity index (χ2v) is 7.96. The van der Waals surface area contributed by atoms with Gasteiger partial charge in [0.1, 0.15) is 0 Å². The quantitative estimate of drug-likeness (QED) is 0.208. The highest BCUT2D eigenvalue weighted by atomic mass is 127. The lowest BCUT2D eigenvalue weighted by molar-refractivity contribution is -0.00833. The molecule has 0 atom stereocenters. The molecule has 2 rings (SSSR count). The molecule has 29 heavy (non-hydrogen) atoms. The van der Waals surface area contributed by atoms with Crippen LogP contribution in [0.2, 0.25) is 10.0 Å². The highest BCUT2D eigenvalue weighted by Gasteiger charge is 2.28. The number of morpholine rings is 1. The number of amides is 1. The van der Waals surface area contributed by atoms with Gasteiger partial charge in [0.15, 0.2) is 5.96 Å². The normalized spacial score (nSPS) is 15.4. The number of benzene rings is 1. The summed E-state index contributed by atoms with van der Waals surface area (Å²) in [5.41, 5.74) is 0.466. The van der Waals surface area contributed by atoms with E-state index in [4.69, 9.17) is 27.9 Å². The Morgan fingerprint density at radius 3 is 2.41 bits per heavy atom. The summed E-state index contributed by atoms with van der Waals surface area (Å²) in [6.07, 6.45) is 0. The maximum atomic E-state index is 12.2. The number of nitrogens with zero attached hydrogens (tertiary/aromatic N) is 2. The van der Waals surface area contributed by atoms with Gasteiger partial charge in [0.05, 0.1) is 23.3 Å². The monoisotopic (exact) mass is 557 g/mol. The standard InChI is InChI=1S/C19H29Cl2N5O2.HI/c1-19(2,26-8-10-28-11-9-26)13-25-18(22-3)24-7-6-23-17(27)14-4-5-15(20)16(21)12-14;/h4-5,12H,6-11,13H2,1-3H3,(H,23,27)(H2,22,24,25);1H. The number of carbonyl (C=O) groups excluding carboxylic acids is 1. The number of guanidine groups is 1. The van der Waals surface area contributed by atoms with Crippen LogP contribution in [-0.2, 0) is 4.74 Å². The maximum absolute atomic E-state index is 12.2. The van der Waals surface area contributed by atoms with E-state index >= 15 is 0 Å². The van der Waals surface area contributed by atoms with Crippen LogP contribution in [-0.4, -0.2) is 75.3 Å². The molecule has 10 heteroatoms. The summed E-state index contributed by atoms with van der Waals surface area (Å²) in [5.74, 6) is 0.502. The van der Waals surface area contributed by atoms with E-state index in [0.717, 1.165) is 32.8 Å². The lowest BCUT2D eigenvalue weighted by atomic mass is 10.0. The zero-order valence-corrected chi connectivity index (χ0v) is 20.9. The molecule has 3 N–H and O–H groups in total. The molecule has 1 saturated heterocycles. The van der Waals surface area contributed by atoms with E-state index in [0.29, 0.717) is 34.7 Å². The summed E-state index contributed by atoms with van der Waals surface area (Å²) >= 11 is 11.8. The van der Waals surface area contributed by atoms with Crippen molar-refractivity contribution in [3.05, 3.63) is 33.8 Å². The first-order valence-corrected chi connectivity index (χ1v) is 10.1. The third-order valence-corrected chi connectivity index (χ3v) is 5.40. The number of aliphatic imine (C=N–C) groups is 1. The van der Waals surface area contributed by atoms with E-state index in [2.05, 4.69) is 39.7 Å². The number of ether oxygens (including phenoxy) is 1. The van der Waals surface area contributed by atoms with Crippen molar-refractivity contribution in [3.63, 3.8) is 0 Å². The molecular formula is C19H30Cl2IN5O2. The Labute approximate surface area is 199 Å². The molecule has 164 valence electrons. The molecule has 0 radical (unpaired) electrons. The highest BCUT2D eigenvalue weighted by molar-refractivity contribution is 14.0. The number of hydrogen-bond acceptors (Lipinski definition) is 4. The van der Waals surface area contributed by atoms with Gasteiger partial charge in [-0.1, -0.05) is 23.2 Å². The van der Waals surface area contributed by atoms with Crippen LogP contribution in [0.1, 0.15) is 24.2 Å². The summed E-state index contributed by atoms with van der Waals surface area (Å²) in [4.78, 5) is 18.8. The predicted molar refractivity (Wildman–Crippen MR) is 130 cm³/mol. The van der Waals surface area contributed by atoms with E-state index in [1.807, 2.05) is 0 Å². The molecule has 0 aliphatic carbocycles. The van der Waals surface area contributed by atoms with E-state index in [9.17, 15) is 4.79 Å². The van der Waals surface area contributed by atoms with Gasteiger partial charge in [-0.3, -0.25) is 14.7 Å². The van der Waals surface area contributed by atoms with Crippen molar-refractivity contribution in [1.82, 2.24) is 20.9 Å². The van der Waals surface area contributed by atoms with Crippen LogP contribution in [0, 0.1) is 0 Å². The number of hydrogen-bond donors (Lipinski definition) is 3. The van der Waals surface area contributed by atoms with Gasteiger partial charge in [-0.15, -0.1) is 24.0 Å². The molecule has 1 fully saturated rings. The molecule has 0 spiro atoms. The minimum atomic E-state index is -0.197. The molecule has 1 heterocycles. The molecule has 1 aliphatic rings. The molecule has 0 aromatic heterocycles.